The zero-order valence-electron chi connectivity index (χ0n) is 9.86. The number of aryl methyl sites for hydroxylation is 1. The Balaban J connectivity index is 2.16. The monoisotopic (exact) mass is 250 g/mol. The zero-order valence-corrected chi connectivity index (χ0v) is 9.86. The number of carbonyl (C=O) groups excluding carboxylic acids is 1. The lowest BCUT2D eigenvalue weighted by atomic mass is 10.0. The molecule has 0 bridgehead atoms. The summed E-state index contributed by atoms with van der Waals surface area (Å²) in [5.41, 5.74) is 0.617. The fourth-order valence-electron chi connectivity index (χ4n) is 1.67. The molecular weight excluding hydrogens is 238 g/mol. The van der Waals surface area contributed by atoms with E-state index >= 15 is 0 Å². The molecule has 0 radical (unpaired) electrons. The van der Waals surface area contributed by atoms with E-state index in [1.54, 1.807) is 17.1 Å². The summed E-state index contributed by atoms with van der Waals surface area (Å²) < 4.78 is 27.8. The Morgan fingerprint density at radius 1 is 1.39 bits per heavy atom. The minimum absolute atomic E-state index is 0.0581. The summed E-state index contributed by atoms with van der Waals surface area (Å²) in [6.45, 7) is 2.64. The summed E-state index contributed by atoms with van der Waals surface area (Å²) >= 11 is 0. The largest absolute Gasteiger partial charge is 0.294 e. The molecule has 3 nitrogen and oxygen atoms in total. The van der Waals surface area contributed by atoms with Gasteiger partial charge < -0.3 is 0 Å². The molecule has 18 heavy (non-hydrogen) atoms. The predicted octanol–water partition coefficient (Wildman–Crippen LogP) is 2.61. The van der Waals surface area contributed by atoms with Crippen LogP contribution in [0.15, 0.2) is 30.6 Å². The first-order chi connectivity index (χ1) is 8.60. The Bertz CT molecular complexity index is 578. The maximum Gasteiger partial charge on any atom is 0.170 e. The van der Waals surface area contributed by atoms with Crippen molar-refractivity contribution in [3.63, 3.8) is 0 Å². The molecule has 1 aromatic heterocycles. The number of nitrogens with zero attached hydrogens (tertiary/aromatic N) is 2. The van der Waals surface area contributed by atoms with Crippen LogP contribution in [0, 0.1) is 11.6 Å². The Hall–Kier alpha value is -2.04. The van der Waals surface area contributed by atoms with Crippen molar-refractivity contribution in [1.29, 1.82) is 0 Å². The van der Waals surface area contributed by atoms with E-state index in [4.69, 9.17) is 0 Å². The first-order valence-corrected chi connectivity index (χ1v) is 5.59. The molecule has 1 aromatic carbocycles. The molecule has 0 saturated carbocycles. The second-order valence-electron chi connectivity index (χ2n) is 3.93. The van der Waals surface area contributed by atoms with E-state index in [0.29, 0.717) is 18.2 Å². The van der Waals surface area contributed by atoms with E-state index in [0.717, 1.165) is 12.1 Å². The maximum absolute atomic E-state index is 13.4. The van der Waals surface area contributed by atoms with Crippen LogP contribution in [0.25, 0.3) is 0 Å². The van der Waals surface area contributed by atoms with Gasteiger partial charge in [0.2, 0.25) is 0 Å². The molecule has 1 heterocycles. The highest BCUT2D eigenvalue weighted by molar-refractivity contribution is 5.97. The highest BCUT2D eigenvalue weighted by atomic mass is 19.1. The number of carbonyl (C=O) groups is 1. The molecule has 0 amide bonds. The van der Waals surface area contributed by atoms with Gasteiger partial charge in [-0.1, -0.05) is 0 Å². The van der Waals surface area contributed by atoms with Gasteiger partial charge in [0.1, 0.15) is 11.6 Å². The second-order valence-corrected chi connectivity index (χ2v) is 3.93. The Labute approximate surface area is 103 Å². The van der Waals surface area contributed by atoms with Crippen molar-refractivity contribution < 1.29 is 13.6 Å². The highest BCUT2D eigenvalue weighted by Crippen LogP contribution is 2.13. The van der Waals surface area contributed by atoms with Crippen molar-refractivity contribution in [3.8, 4) is 0 Å². The van der Waals surface area contributed by atoms with E-state index in [9.17, 15) is 13.6 Å². The molecule has 0 spiro atoms. The number of ketones is 1. The normalized spacial score (nSPS) is 10.6. The molecule has 0 aliphatic heterocycles. The quantitative estimate of drug-likeness (QED) is 0.782. The first kappa shape index (κ1) is 12.4. The smallest absolute Gasteiger partial charge is 0.170 e. The summed E-state index contributed by atoms with van der Waals surface area (Å²) in [6, 6.07) is 2.95. The van der Waals surface area contributed by atoms with Gasteiger partial charge in [-0.25, -0.2) is 8.78 Å². The van der Waals surface area contributed by atoms with Gasteiger partial charge in [-0.05, 0) is 24.6 Å². The molecule has 0 N–H and O–H groups in total. The van der Waals surface area contributed by atoms with Gasteiger partial charge in [0, 0.05) is 25.2 Å². The zero-order chi connectivity index (χ0) is 13.1. The third-order valence-corrected chi connectivity index (χ3v) is 2.61. The number of Topliss-reactive ketones (excluding diaryl/α,β-unsaturated/α-hetero) is 1. The Morgan fingerprint density at radius 2 is 2.17 bits per heavy atom. The van der Waals surface area contributed by atoms with Crippen LogP contribution in [-0.4, -0.2) is 15.6 Å². The van der Waals surface area contributed by atoms with Crippen LogP contribution in [-0.2, 0) is 13.0 Å². The Morgan fingerprint density at radius 3 is 2.78 bits per heavy atom. The third-order valence-electron chi connectivity index (χ3n) is 2.61. The van der Waals surface area contributed by atoms with E-state index < -0.39 is 11.6 Å². The molecule has 0 fully saturated rings. The second kappa shape index (κ2) is 5.08. The molecule has 2 rings (SSSR count). The van der Waals surface area contributed by atoms with Gasteiger partial charge in [-0.3, -0.25) is 9.48 Å². The van der Waals surface area contributed by atoms with Gasteiger partial charge in [-0.2, -0.15) is 5.10 Å². The van der Waals surface area contributed by atoms with Crippen LogP contribution in [0.5, 0.6) is 0 Å². The molecule has 0 aliphatic rings. The third kappa shape index (κ3) is 2.61. The van der Waals surface area contributed by atoms with Crippen LogP contribution in [0.4, 0.5) is 8.78 Å². The number of benzene rings is 1. The standard InChI is InChI=1S/C13H12F2N2O/c1-2-17-8-9(7-16-17)5-13(18)11-4-3-10(14)6-12(11)15/h3-4,6-8H,2,5H2,1H3. The fourth-order valence-corrected chi connectivity index (χ4v) is 1.67. The minimum Gasteiger partial charge on any atom is -0.294 e. The molecule has 0 saturated heterocycles. The van der Waals surface area contributed by atoms with Crippen molar-refractivity contribution >= 4 is 5.78 Å². The molecule has 0 unspecified atom stereocenters. The molecule has 2 aromatic rings. The topological polar surface area (TPSA) is 34.9 Å². The van der Waals surface area contributed by atoms with Crippen molar-refractivity contribution in [3.05, 3.63) is 53.4 Å². The van der Waals surface area contributed by atoms with Crippen LogP contribution >= 0.6 is 0 Å². The van der Waals surface area contributed by atoms with Crippen molar-refractivity contribution in [2.45, 2.75) is 19.9 Å². The SMILES string of the molecule is CCn1cc(CC(=O)c2ccc(F)cc2F)cn1. The van der Waals surface area contributed by atoms with Crippen molar-refractivity contribution in [2.75, 3.05) is 0 Å². The van der Waals surface area contributed by atoms with E-state index in [1.165, 1.54) is 0 Å². The molecule has 94 valence electrons. The average Bonchev–Trinajstić information content (AvgIpc) is 2.76. The highest BCUT2D eigenvalue weighted by Gasteiger charge is 2.13. The van der Waals surface area contributed by atoms with Crippen molar-refractivity contribution in [2.24, 2.45) is 0 Å². The molecule has 0 atom stereocenters. The summed E-state index contributed by atoms with van der Waals surface area (Å²) in [5.74, 6) is -1.91. The van der Waals surface area contributed by atoms with E-state index in [1.807, 2.05) is 6.92 Å². The van der Waals surface area contributed by atoms with Gasteiger partial charge in [0.15, 0.2) is 5.78 Å². The summed E-state index contributed by atoms with van der Waals surface area (Å²) in [4.78, 5) is 11.8. The van der Waals surface area contributed by atoms with Crippen LogP contribution in [0.2, 0.25) is 0 Å². The van der Waals surface area contributed by atoms with Crippen LogP contribution in [0.1, 0.15) is 22.8 Å². The maximum atomic E-state index is 13.4. The lowest BCUT2D eigenvalue weighted by Gasteiger charge is -2.01. The number of rotatable bonds is 4. The fraction of sp³-hybridized carbons (Fsp3) is 0.231. The number of halogens is 2. The molecule has 0 aliphatic carbocycles. The lowest BCUT2D eigenvalue weighted by Crippen LogP contribution is -2.06. The summed E-state index contributed by atoms with van der Waals surface area (Å²) in [7, 11) is 0. The van der Waals surface area contributed by atoms with Gasteiger partial charge in [-0.15, -0.1) is 0 Å². The average molecular weight is 250 g/mol. The van der Waals surface area contributed by atoms with Gasteiger partial charge >= 0.3 is 0 Å². The minimum atomic E-state index is -0.831. The van der Waals surface area contributed by atoms with E-state index in [-0.39, 0.29) is 17.8 Å². The van der Waals surface area contributed by atoms with Gasteiger partial charge in [0.25, 0.3) is 0 Å². The van der Waals surface area contributed by atoms with Crippen molar-refractivity contribution in [1.82, 2.24) is 9.78 Å². The number of hydrogen-bond acceptors (Lipinski definition) is 2. The molecular formula is C13H12F2N2O. The van der Waals surface area contributed by atoms with Crippen LogP contribution in [0.3, 0.4) is 0 Å². The first-order valence-electron chi connectivity index (χ1n) is 5.59. The van der Waals surface area contributed by atoms with E-state index in [2.05, 4.69) is 5.10 Å². The number of hydrogen-bond donors (Lipinski definition) is 0. The Kier molecular flexibility index (Phi) is 3.50. The summed E-state index contributed by atoms with van der Waals surface area (Å²) in [6.07, 6.45) is 3.37. The van der Waals surface area contributed by atoms with Crippen LogP contribution < -0.4 is 0 Å². The van der Waals surface area contributed by atoms with Gasteiger partial charge in [0.05, 0.1) is 11.8 Å². The molecule has 5 heteroatoms. The lowest BCUT2D eigenvalue weighted by molar-refractivity contribution is 0.0989. The predicted molar refractivity (Wildman–Crippen MR) is 62.3 cm³/mol. The summed E-state index contributed by atoms with van der Waals surface area (Å²) in [5, 5.41) is 4.03. The number of aromatic nitrogens is 2.